The molecule has 0 saturated heterocycles. The van der Waals surface area contributed by atoms with Crippen molar-refractivity contribution < 1.29 is 15.3 Å². The van der Waals surface area contributed by atoms with Crippen LogP contribution in [0.15, 0.2) is 11.3 Å². The molecule has 3 nitrogen and oxygen atoms in total. The van der Waals surface area contributed by atoms with Gasteiger partial charge in [-0.25, -0.2) is 0 Å². The molecule has 9 atom stereocenters. The summed E-state index contributed by atoms with van der Waals surface area (Å²) in [4.78, 5) is 0. The molecule has 4 aliphatic carbocycles. The van der Waals surface area contributed by atoms with Crippen LogP contribution in [-0.4, -0.2) is 27.5 Å². The number of hydrogen-bond donors (Lipinski definition) is 3. The van der Waals surface area contributed by atoms with Crippen molar-refractivity contribution in [1.82, 2.24) is 0 Å². The molecule has 0 amide bonds. The van der Waals surface area contributed by atoms with Crippen molar-refractivity contribution in [3.05, 3.63) is 11.3 Å². The van der Waals surface area contributed by atoms with E-state index in [2.05, 4.69) is 34.6 Å². The maximum atomic E-state index is 11.0. The predicted octanol–water partition coefficient (Wildman–Crippen LogP) is 6.25. The average Bonchev–Trinajstić information content (AvgIpc) is 3.01. The molecule has 0 radical (unpaired) electrons. The topological polar surface area (TPSA) is 60.7 Å². The highest BCUT2D eigenvalue weighted by molar-refractivity contribution is 5.29. The first-order valence-electron chi connectivity index (χ1n) is 12.9. The van der Waals surface area contributed by atoms with Crippen LogP contribution >= 0.6 is 0 Å². The van der Waals surface area contributed by atoms with Crippen LogP contribution in [0.2, 0.25) is 0 Å². The second-order valence-electron chi connectivity index (χ2n) is 12.5. The van der Waals surface area contributed by atoms with Gasteiger partial charge in [-0.3, -0.25) is 0 Å². The number of aliphatic hydroxyl groups is 3. The van der Waals surface area contributed by atoms with Crippen molar-refractivity contribution in [1.29, 1.82) is 0 Å². The molecule has 4 rings (SSSR count). The van der Waals surface area contributed by atoms with Gasteiger partial charge in [-0.1, -0.05) is 53.9 Å². The highest BCUT2D eigenvalue weighted by Gasteiger charge is 2.61. The van der Waals surface area contributed by atoms with Gasteiger partial charge in [0.15, 0.2) is 0 Å². The molecule has 3 saturated carbocycles. The third-order valence-corrected chi connectivity index (χ3v) is 10.4. The summed E-state index contributed by atoms with van der Waals surface area (Å²) in [6, 6.07) is 0. The first-order valence-corrected chi connectivity index (χ1v) is 12.9. The molecule has 172 valence electrons. The van der Waals surface area contributed by atoms with Gasteiger partial charge >= 0.3 is 0 Å². The number of aliphatic hydroxyl groups excluding tert-OH is 3. The van der Waals surface area contributed by atoms with Crippen LogP contribution in [0.4, 0.5) is 0 Å². The zero-order chi connectivity index (χ0) is 21.8. The highest BCUT2D eigenvalue weighted by atomic mass is 16.3. The van der Waals surface area contributed by atoms with Gasteiger partial charge in [0.1, 0.15) is 0 Å². The van der Waals surface area contributed by atoms with Crippen molar-refractivity contribution in [3.63, 3.8) is 0 Å². The highest BCUT2D eigenvalue weighted by Crippen LogP contribution is 2.68. The largest absolute Gasteiger partial charge is 0.512 e. The summed E-state index contributed by atoms with van der Waals surface area (Å²) in [6.45, 7) is 12.0. The van der Waals surface area contributed by atoms with Crippen LogP contribution in [0.1, 0.15) is 98.8 Å². The van der Waals surface area contributed by atoms with Crippen LogP contribution in [0, 0.1) is 46.3 Å². The summed E-state index contributed by atoms with van der Waals surface area (Å²) >= 11 is 0. The Morgan fingerprint density at radius 3 is 2.37 bits per heavy atom. The summed E-state index contributed by atoms with van der Waals surface area (Å²) in [5.74, 6) is 4.72. The Labute approximate surface area is 184 Å². The molecule has 30 heavy (non-hydrogen) atoms. The SMILES string of the molecule is CC(C)CCC[C@@H](C)[C@H]1CC[C@H]2[C@@H]3CC(O)=C4CC(O)C(O)C[C@]4(C)[C@H]3CC[C@]12C. The van der Waals surface area contributed by atoms with Crippen molar-refractivity contribution in [3.8, 4) is 0 Å². The molecule has 4 aliphatic rings. The molecule has 0 aromatic rings. The summed E-state index contributed by atoms with van der Waals surface area (Å²) in [5, 5.41) is 31.8. The Balaban J connectivity index is 1.54. The Hall–Kier alpha value is -0.540. The fourth-order valence-corrected chi connectivity index (χ4v) is 8.83. The van der Waals surface area contributed by atoms with E-state index in [1.807, 2.05) is 0 Å². The van der Waals surface area contributed by atoms with E-state index in [4.69, 9.17) is 0 Å². The predicted molar refractivity (Wildman–Crippen MR) is 122 cm³/mol. The monoisotopic (exact) mass is 418 g/mol. The Kier molecular flexibility index (Phi) is 6.12. The first kappa shape index (κ1) is 22.6. The molecule has 0 bridgehead atoms. The minimum Gasteiger partial charge on any atom is -0.512 e. The lowest BCUT2D eigenvalue weighted by Crippen LogP contribution is -2.54. The fraction of sp³-hybridized carbons (Fsp3) is 0.926. The quantitative estimate of drug-likeness (QED) is 0.495. The Morgan fingerprint density at radius 2 is 1.67 bits per heavy atom. The van der Waals surface area contributed by atoms with Crippen LogP contribution in [0.25, 0.3) is 0 Å². The molecule has 3 heteroatoms. The molecule has 0 aliphatic heterocycles. The maximum Gasteiger partial charge on any atom is 0.0924 e. The lowest BCUT2D eigenvalue weighted by atomic mass is 9.46. The molecule has 2 unspecified atom stereocenters. The van der Waals surface area contributed by atoms with E-state index in [-0.39, 0.29) is 5.41 Å². The van der Waals surface area contributed by atoms with Crippen LogP contribution in [-0.2, 0) is 0 Å². The average molecular weight is 419 g/mol. The van der Waals surface area contributed by atoms with Crippen LogP contribution in [0.5, 0.6) is 0 Å². The van der Waals surface area contributed by atoms with Crippen molar-refractivity contribution >= 4 is 0 Å². The summed E-state index contributed by atoms with van der Waals surface area (Å²) in [6.07, 6.45) is 9.69. The van der Waals surface area contributed by atoms with Gasteiger partial charge in [0, 0.05) is 12.8 Å². The minimum atomic E-state index is -0.719. The van der Waals surface area contributed by atoms with E-state index in [0.717, 1.165) is 29.7 Å². The molecular weight excluding hydrogens is 372 g/mol. The third-order valence-electron chi connectivity index (χ3n) is 10.4. The number of fused-ring (bicyclic) bond motifs is 5. The van der Waals surface area contributed by atoms with E-state index in [0.29, 0.717) is 41.8 Å². The van der Waals surface area contributed by atoms with Gasteiger partial charge < -0.3 is 15.3 Å². The number of allylic oxidation sites excluding steroid dienone is 1. The fourth-order valence-electron chi connectivity index (χ4n) is 8.83. The van der Waals surface area contributed by atoms with Crippen molar-refractivity contribution in [2.75, 3.05) is 0 Å². The van der Waals surface area contributed by atoms with Crippen LogP contribution < -0.4 is 0 Å². The van der Waals surface area contributed by atoms with E-state index in [1.54, 1.807) is 0 Å². The summed E-state index contributed by atoms with van der Waals surface area (Å²) in [5.41, 5.74) is 1.31. The van der Waals surface area contributed by atoms with E-state index >= 15 is 0 Å². The summed E-state index contributed by atoms with van der Waals surface area (Å²) < 4.78 is 0. The van der Waals surface area contributed by atoms with E-state index in [9.17, 15) is 15.3 Å². The number of hydrogen-bond acceptors (Lipinski definition) is 3. The smallest absolute Gasteiger partial charge is 0.0924 e. The molecular formula is C27H46O3. The van der Waals surface area contributed by atoms with Crippen molar-refractivity contribution in [2.24, 2.45) is 46.3 Å². The first-order chi connectivity index (χ1) is 14.1. The van der Waals surface area contributed by atoms with Gasteiger partial charge in [-0.2, -0.15) is 0 Å². The molecule has 0 aromatic heterocycles. The standard InChI is InChI=1S/C27H46O3/c1-16(2)7-6-8-17(3)19-9-10-20-18-13-23(28)22-14-24(29)25(30)15-27(22,5)21(18)11-12-26(19,20)4/h16-21,24-25,28-30H,6-15H2,1-5H3/t17-,18+,19-,20+,21+,24?,25?,26-,27-/m1/s1. The zero-order valence-corrected chi connectivity index (χ0v) is 20.0. The third kappa shape index (κ3) is 3.56. The lowest BCUT2D eigenvalue weighted by molar-refractivity contribution is -0.0960. The molecule has 0 heterocycles. The second kappa shape index (κ2) is 8.10. The Bertz CT molecular complexity index is 669. The van der Waals surface area contributed by atoms with Gasteiger partial charge in [0.2, 0.25) is 0 Å². The van der Waals surface area contributed by atoms with E-state index in [1.165, 1.54) is 44.9 Å². The molecule has 0 spiro atoms. The molecule has 3 fully saturated rings. The maximum absolute atomic E-state index is 11.0. The molecule has 0 aromatic carbocycles. The zero-order valence-electron chi connectivity index (χ0n) is 20.0. The van der Waals surface area contributed by atoms with Crippen molar-refractivity contribution in [2.45, 2.75) is 111 Å². The van der Waals surface area contributed by atoms with E-state index < -0.39 is 12.2 Å². The number of rotatable bonds is 5. The van der Waals surface area contributed by atoms with Gasteiger partial charge in [0.25, 0.3) is 0 Å². The summed E-state index contributed by atoms with van der Waals surface area (Å²) in [7, 11) is 0. The van der Waals surface area contributed by atoms with Gasteiger partial charge in [-0.05, 0) is 84.0 Å². The second-order valence-corrected chi connectivity index (χ2v) is 12.5. The van der Waals surface area contributed by atoms with Gasteiger partial charge in [0.05, 0.1) is 18.0 Å². The van der Waals surface area contributed by atoms with Crippen LogP contribution in [0.3, 0.4) is 0 Å². The lowest BCUT2D eigenvalue weighted by Gasteiger charge is -2.59. The molecule has 3 N–H and O–H groups in total. The Morgan fingerprint density at radius 1 is 0.933 bits per heavy atom. The normalized spacial score (nSPS) is 47.1. The van der Waals surface area contributed by atoms with Gasteiger partial charge in [-0.15, -0.1) is 0 Å². The minimum absolute atomic E-state index is 0.145.